The molecule has 0 fully saturated rings. The first-order valence-electron chi connectivity index (χ1n) is 6.07. The fourth-order valence-corrected chi connectivity index (χ4v) is 2.05. The highest BCUT2D eigenvalue weighted by Crippen LogP contribution is 2.29. The predicted octanol–water partition coefficient (Wildman–Crippen LogP) is 2.12. The number of aromatic nitrogens is 2. The third-order valence-electron chi connectivity index (χ3n) is 3.10. The zero-order valence-corrected chi connectivity index (χ0v) is 11.7. The van der Waals surface area contributed by atoms with Gasteiger partial charge in [-0.15, -0.1) is 0 Å². The van der Waals surface area contributed by atoms with E-state index in [1.54, 1.807) is 20.4 Å². The maximum Gasteiger partial charge on any atom is 0.140 e. The Hall–Kier alpha value is -2.01. The molecular formula is C14H19N3O2. The molecule has 2 N–H and O–H groups in total. The number of hydrogen-bond donors (Lipinski definition) is 1. The summed E-state index contributed by atoms with van der Waals surface area (Å²) in [6.45, 7) is 1.94. The average molecular weight is 261 g/mol. The number of methoxy groups -OCH3 is 2. The zero-order chi connectivity index (χ0) is 14.0. The number of nitrogens with zero attached hydrogens (tertiary/aromatic N) is 2. The molecule has 0 radical (unpaired) electrons. The van der Waals surface area contributed by atoms with E-state index in [4.69, 9.17) is 15.2 Å². The molecular weight excluding hydrogens is 242 g/mol. The summed E-state index contributed by atoms with van der Waals surface area (Å²) >= 11 is 0. The second-order valence-electron chi connectivity index (χ2n) is 4.46. The molecule has 1 heterocycles. The molecule has 0 saturated heterocycles. The van der Waals surface area contributed by atoms with Crippen molar-refractivity contribution in [3.8, 4) is 22.9 Å². The summed E-state index contributed by atoms with van der Waals surface area (Å²) in [4.78, 5) is 4.43. The van der Waals surface area contributed by atoms with Gasteiger partial charge in [-0.1, -0.05) is 0 Å². The van der Waals surface area contributed by atoms with Gasteiger partial charge in [-0.2, -0.15) is 0 Å². The molecule has 102 valence electrons. The third-order valence-corrected chi connectivity index (χ3v) is 3.10. The molecule has 2 rings (SSSR count). The lowest BCUT2D eigenvalue weighted by Crippen LogP contribution is -2.10. The Kier molecular flexibility index (Phi) is 3.76. The maximum atomic E-state index is 5.91. The van der Waals surface area contributed by atoms with Crippen molar-refractivity contribution >= 4 is 0 Å². The molecule has 0 amide bonds. The average Bonchev–Trinajstić information content (AvgIpc) is 2.80. The summed E-state index contributed by atoms with van der Waals surface area (Å²) in [7, 11) is 5.21. The Bertz CT molecular complexity index is 554. The monoisotopic (exact) mass is 261 g/mol. The second-order valence-corrected chi connectivity index (χ2v) is 4.46. The van der Waals surface area contributed by atoms with Crippen LogP contribution in [0.2, 0.25) is 0 Å². The minimum atomic E-state index is -0.0567. The minimum Gasteiger partial charge on any atom is -0.497 e. The lowest BCUT2D eigenvalue weighted by molar-refractivity contribution is 0.394. The van der Waals surface area contributed by atoms with E-state index in [1.807, 2.05) is 36.7 Å². The van der Waals surface area contributed by atoms with Gasteiger partial charge in [-0.3, -0.25) is 0 Å². The first kappa shape index (κ1) is 13.4. The van der Waals surface area contributed by atoms with Crippen LogP contribution in [0.5, 0.6) is 11.5 Å². The second kappa shape index (κ2) is 5.32. The molecule has 1 atom stereocenters. The van der Waals surface area contributed by atoms with Crippen LogP contribution >= 0.6 is 0 Å². The van der Waals surface area contributed by atoms with Gasteiger partial charge in [0, 0.05) is 24.7 Å². The van der Waals surface area contributed by atoms with Crippen LogP contribution in [-0.4, -0.2) is 23.8 Å². The lowest BCUT2D eigenvalue weighted by Gasteiger charge is -2.11. The quantitative estimate of drug-likeness (QED) is 0.915. The van der Waals surface area contributed by atoms with Crippen LogP contribution in [0.25, 0.3) is 11.4 Å². The molecule has 19 heavy (non-hydrogen) atoms. The van der Waals surface area contributed by atoms with Crippen LogP contribution < -0.4 is 15.2 Å². The van der Waals surface area contributed by atoms with Crippen LogP contribution in [0.4, 0.5) is 0 Å². The first-order chi connectivity index (χ1) is 9.06. The van der Waals surface area contributed by atoms with Gasteiger partial charge in [0.1, 0.15) is 17.3 Å². The van der Waals surface area contributed by atoms with E-state index < -0.39 is 0 Å². The number of ether oxygens (including phenoxy) is 2. The summed E-state index contributed by atoms with van der Waals surface area (Å²) in [5.41, 5.74) is 7.83. The molecule has 0 saturated carbocycles. The summed E-state index contributed by atoms with van der Waals surface area (Å²) in [6.07, 6.45) is 1.80. The molecule has 5 heteroatoms. The topological polar surface area (TPSA) is 62.3 Å². The highest BCUT2D eigenvalue weighted by atomic mass is 16.5. The van der Waals surface area contributed by atoms with Crippen molar-refractivity contribution in [2.75, 3.05) is 14.2 Å². The van der Waals surface area contributed by atoms with E-state index in [9.17, 15) is 0 Å². The van der Waals surface area contributed by atoms with Crippen molar-refractivity contribution < 1.29 is 9.47 Å². The summed E-state index contributed by atoms with van der Waals surface area (Å²) in [6, 6.07) is 5.63. The van der Waals surface area contributed by atoms with Crippen LogP contribution in [0.1, 0.15) is 18.7 Å². The van der Waals surface area contributed by atoms with Gasteiger partial charge in [-0.25, -0.2) is 4.98 Å². The molecule has 0 aliphatic carbocycles. The zero-order valence-electron chi connectivity index (χ0n) is 11.7. The molecule has 0 aliphatic rings. The van der Waals surface area contributed by atoms with E-state index in [0.717, 1.165) is 28.6 Å². The van der Waals surface area contributed by atoms with Crippen molar-refractivity contribution in [1.29, 1.82) is 0 Å². The third kappa shape index (κ3) is 2.56. The SMILES string of the molecule is COc1cc(OC)cc(-c2ncc(C(C)N)n2C)c1. The van der Waals surface area contributed by atoms with Gasteiger partial charge in [-0.05, 0) is 19.1 Å². The van der Waals surface area contributed by atoms with Crippen LogP contribution in [0.15, 0.2) is 24.4 Å². The van der Waals surface area contributed by atoms with Crippen LogP contribution in [0, 0.1) is 0 Å². The van der Waals surface area contributed by atoms with Crippen LogP contribution in [-0.2, 0) is 7.05 Å². The van der Waals surface area contributed by atoms with Crippen molar-refractivity contribution in [2.45, 2.75) is 13.0 Å². The van der Waals surface area contributed by atoms with Crippen molar-refractivity contribution in [1.82, 2.24) is 9.55 Å². The van der Waals surface area contributed by atoms with Crippen molar-refractivity contribution in [3.63, 3.8) is 0 Å². The van der Waals surface area contributed by atoms with Gasteiger partial charge in [0.25, 0.3) is 0 Å². The standard InChI is InChI=1S/C14H19N3O2/c1-9(15)13-8-16-14(17(13)2)10-5-11(18-3)7-12(6-10)19-4/h5-9H,15H2,1-4H3. The van der Waals surface area contributed by atoms with Gasteiger partial charge < -0.3 is 19.8 Å². The van der Waals surface area contributed by atoms with E-state index in [-0.39, 0.29) is 6.04 Å². The number of imidazole rings is 1. The summed E-state index contributed by atoms with van der Waals surface area (Å²) in [5.74, 6) is 2.31. The van der Waals surface area contributed by atoms with Gasteiger partial charge in [0.2, 0.25) is 0 Å². The molecule has 5 nitrogen and oxygen atoms in total. The van der Waals surface area contributed by atoms with E-state index in [2.05, 4.69) is 4.98 Å². The van der Waals surface area contributed by atoms with Gasteiger partial charge >= 0.3 is 0 Å². The fraction of sp³-hybridized carbons (Fsp3) is 0.357. The number of nitrogens with two attached hydrogens (primary N) is 1. The smallest absolute Gasteiger partial charge is 0.140 e. The molecule has 1 aromatic heterocycles. The Morgan fingerprint density at radius 1 is 1.16 bits per heavy atom. The van der Waals surface area contributed by atoms with Crippen LogP contribution in [0.3, 0.4) is 0 Å². The predicted molar refractivity (Wildman–Crippen MR) is 74.4 cm³/mol. The molecule has 0 aliphatic heterocycles. The van der Waals surface area contributed by atoms with E-state index in [0.29, 0.717) is 0 Å². The molecule has 0 spiro atoms. The Morgan fingerprint density at radius 2 is 1.74 bits per heavy atom. The van der Waals surface area contributed by atoms with Gasteiger partial charge in [0.15, 0.2) is 0 Å². The van der Waals surface area contributed by atoms with Gasteiger partial charge in [0.05, 0.1) is 26.1 Å². The lowest BCUT2D eigenvalue weighted by atomic mass is 10.2. The highest BCUT2D eigenvalue weighted by Gasteiger charge is 2.13. The normalized spacial score (nSPS) is 12.3. The largest absolute Gasteiger partial charge is 0.497 e. The summed E-state index contributed by atoms with van der Waals surface area (Å²) < 4.78 is 12.5. The first-order valence-corrected chi connectivity index (χ1v) is 6.07. The summed E-state index contributed by atoms with van der Waals surface area (Å²) in [5, 5.41) is 0. The highest BCUT2D eigenvalue weighted by molar-refractivity contribution is 5.62. The molecule has 0 bridgehead atoms. The van der Waals surface area contributed by atoms with Crippen molar-refractivity contribution in [2.24, 2.45) is 12.8 Å². The van der Waals surface area contributed by atoms with Crippen molar-refractivity contribution in [3.05, 3.63) is 30.1 Å². The minimum absolute atomic E-state index is 0.0567. The number of hydrogen-bond acceptors (Lipinski definition) is 4. The number of benzene rings is 1. The maximum absolute atomic E-state index is 5.91. The molecule has 1 unspecified atom stereocenters. The number of rotatable bonds is 4. The molecule has 2 aromatic rings. The molecule has 1 aromatic carbocycles. The Balaban J connectivity index is 2.52. The van der Waals surface area contributed by atoms with E-state index in [1.165, 1.54) is 0 Å². The fourth-order valence-electron chi connectivity index (χ4n) is 2.05. The Morgan fingerprint density at radius 3 is 2.16 bits per heavy atom. The van der Waals surface area contributed by atoms with E-state index >= 15 is 0 Å². The Labute approximate surface area is 113 Å².